The second-order valence-electron chi connectivity index (χ2n) is 6.00. The molecule has 3 rings (SSSR count). The normalized spacial score (nSPS) is 16.4. The van der Waals surface area contributed by atoms with Crippen molar-refractivity contribution in [2.45, 2.75) is 31.7 Å². The summed E-state index contributed by atoms with van der Waals surface area (Å²) in [5.41, 5.74) is 1.80. The standard InChI is InChI=1S/C19H20N2O4S/c1-25-14-9-7-13(8-10-14)15-12-16(17-4-3-11-26-17)21(20-15)18(22)5-2-6-19(23)24/h3-4,7-11,16H,2,5-6,12H2,1H3,(H,23,24)/t16-/m1/s1. The molecule has 0 saturated heterocycles. The van der Waals surface area contributed by atoms with Crippen LogP contribution in [0.15, 0.2) is 46.9 Å². The van der Waals surface area contributed by atoms with Gasteiger partial charge in [-0.3, -0.25) is 9.59 Å². The number of carboxylic acid groups (broad SMARTS) is 1. The molecule has 2 heterocycles. The van der Waals surface area contributed by atoms with Gasteiger partial charge in [-0.05, 0) is 47.7 Å². The van der Waals surface area contributed by atoms with Gasteiger partial charge in [0.05, 0.1) is 18.9 Å². The molecule has 0 spiro atoms. The molecular formula is C19H20N2O4S. The van der Waals surface area contributed by atoms with E-state index in [1.54, 1.807) is 18.4 Å². The van der Waals surface area contributed by atoms with E-state index in [1.807, 2.05) is 41.8 Å². The lowest BCUT2D eigenvalue weighted by atomic mass is 10.0. The Hall–Kier alpha value is -2.67. The largest absolute Gasteiger partial charge is 0.497 e. The van der Waals surface area contributed by atoms with Crippen LogP contribution in [0.3, 0.4) is 0 Å². The van der Waals surface area contributed by atoms with Crippen LogP contribution in [0.5, 0.6) is 5.75 Å². The highest BCUT2D eigenvalue weighted by Crippen LogP contribution is 2.35. The van der Waals surface area contributed by atoms with Crippen molar-refractivity contribution in [1.29, 1.82) is 0 Å². The van der Waals surface area contributed by atoms with Crippen LogP contribution in [-0.4, -0.2) is 34.8 Å². The van der Waals surface area contributed by atoms with Gasteiger partial charge in [-0.2, -0.15) is 5.10 Å². The molecule has 0 aliphatic carbocycles. The predicted octanol–water partition coefficient (Wildman–Crippen LogP) is 3.69. The lowest BCUT2D eigenvalue weighted by molar-refractivity contribution is -0.137. The monoisotopic (exact) mass is 372 g/mol. The number of ether oxygens (including phenoxy) is 1. The lowest BCUT2D eigenvalue weighted by Crippen LogP contribution is -2.26. The van der Waals surface area contributed by atoms with Gasteiger partial charge in [0.25, 0.3) is 0 Å². The number of benzene rings is 1. The number of hydrogen-bond donors (Lipinski definition) is 1. The van der Waals surface area contributed by atoms with Crippen molar-refractivity contribution in [3.05, 3.63) is 52.2 Å². The summed E-state index contributed by atoms with van der Waals surface area (Å²) < 4.78 is 5.18. The number of methoxy groups -OCH3 is 1. The highest BCUT2D eigenvalue weighted by Gasteiger charge is 2.33. The molecular weight excluding hydrogens is 352 g/mol. The molecule has 0 unspecified atom stereocenters. The Kier molecular flexibility index (Phi) is 5.68. The third-order valence-electron chi connectivity index (χ3n) is 4.24. The Morgan fingerprint density at radius 2 is 2.04 bits per heavy atom. The van der Waals surface area contributed by atoms with E-state index in [2.05, 4.69) is 5.10 Å². The number of carboxylic acids is 1. The number of nitrogens with zero attached hydrogens (tertiary/aromatic N) is 2. The fourth-order valence-electron chi connectivity index (χ4n) is 2.91. The first-order valence-electron chi connectivity index (χ1n) is 8.37. The first kappa shape index (κ1) is 18.1. The topological polar surface area (TPSA) is 79.2 Å². The number of thiophene rings is 1. The molecule has 1 aliphatic rings. The van der Waals surface area contributed by atoms with Gasteiger partial charge in [-0.25, -0.2) is 5.01 Å². The minimum atomic E-state index is -0.892. The zero-order chi connectivity index (χ0) is 18.5. The second kappa shape index (κ2) is 8.14. The molecule has 136 valence electrons. The smallest absolute Gasteiger partial charge is 0.303 e. The second-order valence-corrected chi connectivity index (χ2v) is 6.98. The van der Waals surface area contributed by atoms with Gasteiger partial charge in [0.15, 0.2) is 0 Å². The van der Waals surface area contributed by atoms with Crippen LogP contribution in [0.4, 0.5) is 0 Å². The van der Waals surface area contributed by atoms with Crippen LogP contribution < -0.4 is 4.74 Å². The van der Waals surface area contributed by atoms with Gasteiger partial charge in [-0.1, -0.05) is 6.07 Å². The average molecular weight is 372 g/mol. The van der Waals surface area contributed by atoms with E-state index < -0.39 is 5.97 Å². The van der Waals surface area contributed by atoms with Gasteiger partial charge in [0, 0.05) is 24.1 Å². The van der Waals surface area contributed by atoms with Crippen LogP contribution >= 0.6 is 11.3 Å². The SMILES string of the molecule is COc1ccc(C2=NN(C(=O)CCCC(=O)O)[C@@H](c3cccs3)C2)cc1. The average Bonchev–Trinajstić information content (AvgIpc) is 3.31. The van der Waals surface area contributed by atoms with E-state index in [1.165, 1.54) is 5.01 Å². The van der Waals surface area contributed by atoms with Crippen LogP contribution in [0.25, 0.3) is 0 Å². The Balaban J connectivity index is 1.80. The molecule has 0 fully saturated rings. The number of carbonyl (C=O) groups is 2. The quantitative estimate of drug-likeness (QED) is 0.804. The molecule has 2 aromatic rings. The van der Waals surface area contributed by atoms with Crippen molar-refractivity contribution < 1.29 is 19.4 Å². The van der Waals surface area contributed by atoms with E-state index in [0.29, 0.717) is 12.8 Å². The maximum absolute atomic E-state index is 12.6. The molecule has 1 aromatic heterocycles. The molecule has 1 amide bonds. The van der Waals surface area contributed by atoms with Gasteiger partial charge in [-0.15, -0.1) is 11.3 Å². The first-order chi connectivity index (χ1) is 12.6. The number of hydrogen-bond acceptors (Lipinski definition) is 5. The van der Waals surface area contributed by atoms with E-state index in [-0.39, 0.29) is 24.8 Å². The van der Waals surface area contributed by atoms with Crippen molar-refractivity contribution >= 4 is 28.9 Å². The molecule has 1 N–H and O–H groups in total. The minimum absolute atomic E-state index is 0.0156. The molecule has 0 saturated carbocycles. The van der Waals surface area contributed by atoms with Crippen molar-refractivity contribution in [3.8, 4) is 5.75 Å². The third kappa shape index (κ3) is 4.11. The van der Waals surface area contributed by atoms with Gasteiger partial charge in [0.1, 0.15) is 5.75 Å². The van der Waals surface area contributed by atoms with Gasteiger partial charge >= 0.3 is 5.97 Å². The fraction of sp³-hybridized carbons (Fsp3) is 0.316. The molecule has 1 aromatic carbocycles. The fourth-order valence-corrected chi connectivity index (χ4v) is 3.72. The summed E-state index contributed by atoms with van der Waals surface area (Å²) in [7, 11) is 1.62. The summed E-state index contributed by atoms with van der Waals surface area (Å²) in [4.78, 5) is 24.4. The van der Waals surface area contributed by atoms with E-state index in [4.69, 9.17) is 9.84 Å². The summed E-state index contributed by atoms with van der Waals surface area (Å²) in [5, 5.41) is 16.8. The van der Waals surface area contributed by atoms with Crippen molar-refractivity contribution in [1.82, 2.24) is 5.01 Å². The molecule has 0 bridgehead atoms. The maximum Gasteiger partial charge on any atom is 0.303 e. The summed E-state index contributed by atoms with van der Waals surface area (Å²) in [6.07, 6.45) is 1.11. The highest BCUT2D eigenvalue weighted by molar-refractivity contribution is 7.10. The third-order valence-corrected chi connectivity index (χ3v) is 5.22. The predicted molar refractivity (Wildman–Crippen MR) is 99.5 cm³/mol. The Labute approximate surface area is 155 Å². The minimum Gasteiger partial charge on any atom is -0.497 e. The maximum atomic E-state index is 12.6. The van der Waals surface area contributed by atoms with Crippen LogP contribution in [0.1, 0.15) is 42.2 Å². The zero-order valence-electron chi connectivity index (χ0n) is 14.4. The Morgan fingerprint density at radius 3 is 2.65 bits per heavy atom. The lowest BCUT2D eigenvalue weighted by Gasteiger charge is -2.20. The molecule has 7 heteroatoms. The van der Waals surface area contributed by atoms with Crippen LogP contribution in [0.2, 0.25) is 0 Å². The number of hydrazone groups is 1. The zero-order valence-corrected chi connectivity index (χ0v) is 15.2. The Bertz CT molecular complexity index is 799. The number of carbonyl (C=O) groups excluding carboxylic acids is 1. The van der Waals surface area contributed by atoms with E-state index in [0.717, 1.165) is 21.9 Å². The molecule has 6 nitrogen and oxygen atoms in total. The number of amides is 1. The highest BCUT2D eigenvalue weighted by atomic mass is 32.1. The molecule has 26 heavy (non-hydrogen) atoms. The van der Waals surface area contributed by atoms with Crippen molar-refractivity contribution in [2.24, 2.45) is 5.10 Å². The summed E-state index contributed by atoms with van der Waals surface area (Å²) in [6.45, 7) is 0. The molecule has 1 aliphatic heterocycles. The molecule has 1 atom stereocenters. The van der Waals surface area contributed by atoms with Crippen molar-refractivity contribution in [2.75, 3.05) is 7.11 Å². The summed E-state index contributed by atoms with van der Waals surface area (Å²) in [6, 6.07) is 11.4. The first-order valence-corrected chi connectivity index (χ1v) is 9.25. The summed E-state index contributed by atoms with van der Waals surface area (Å²) >= 11 is 1.59. The summed E-state index contributed by atoms with van der Waals surface area (Å²) in [5.74, 6) is -0.270. The van der Waals surface area contributed by atoms with Crippen LogP contribution in [-0.2, 0) is 9.59 Å². The van der Waals surface area contributed by atoms with E-state index >= 15 is 0 Å². The van der Waals surface area contributed by atoms with Crippen LogP contribution in [0, 0.1) is 0 Å². The number of rotatable bonds is 7. The van der Waals surface area contributed by atoms with Gasteiger partial charge in [0.2, 0.25) is 5.91 Å². The van der Waals surface area contributed by atoms with Crippen molar-refractivity contribution in [3.63, 3.8) is 0 Å². The Morgan fingerprint density at radius 1 is 1.27 bits per heavy atom. The van der Waals surface area contributed by atoms with E-state index in [9.17, 15) is 9.59 Å². The molecule has 0 radical (unpaired) electrons. The number of aliphatic carboxylic acids is 1. The van der Waals surface area contributed by atoms with Gasteiger partial charge < -0.3 is 9.84 Å².